The molecule has 0 amide bonds. The molecule has 1 aromatic rings. The molecule has 0 radical (unpaired) electrons. The van der Waals surface area contributed by atoms with Crippen molar-refractivity contribution in [1.82, 2.24) is 9.97 Å². The third-order valence-corrected chi connectivity index (χ3v) is 2.50. The SMILES string of the molecule is COc1nccnc1C(N)CC(C)(C)OC. The largest absolute Gasteiger partial charge is 0.480 e. The van der Waals surface area contributed by atoms with Crippen molar-refractivity contribution >= 4 is 0 Å². The van der Waals surface area contributed by atoms with Crippen LogP contribution in [0.3, 0.4) is 0 Å². The van der Waals surface area contributed by atoms with Gasteiger partial charge in [0, 0.05) is 19.5 Å². The Labute approximate surface area is 96.0 Å². The summed E-state index contributed by atoms with van der Waals surface area (Å²) in [7, 11) is 3.22. The maximum absolute atomic E-state index is 6.07. The van der Waals surface area contributed by atoms with Crippen LogP contribution in [-0.4, -0.2) is 29.8 Å². The molecule has 0 spiro atoms. The van der Waals surface area contributed by atoms with E-state index in [1.165, 1.54) is 0 Å². The highest BCUT2D eigenvalue weighted by atomic mass is 16.5. The third kappa shape index (κ3) is 3.15. The molecule has 0 bridgehead atoms. The van der Waals surface area contributed by atoms with E-state index in [9.17, 15) is 0 Å². The van der Waals surface area contributed by atoms with Crippen LogP contribution in [0.1, 0.15) is 32.0 Å². The molecule has 0 aliphatic rings. The second-order valence-electron chi connectivity index (χ2n) is 4.23. The van der Waals surface area contributed by atoms with E-state index < -0.39 is 0 Å². The standard InChI is InChI=1S/C11H19N3O2/c1-11(2,16-4)7-8(12)9-10(15-3)14-6-5-13-9/h5-6,8H,7,12H2,1-4H3. The van der Waals surface area contributed by atoms with Crippen LogP contribution in [-0.2, 0) is 4.74 Å². The Morgan fingerprint density at radius 1 is 1.31 bits per heavy atom. The lowest BCUT2D eigenvalue weighted by atomic mass is 9.97. The Morgan fingerprint density at radius 2 is 1.94 bits per heavy atom. The van der Waals surface area contributed by atoms with Gasteiger partial charge in [-0.3, -0.25) is 4.98 Å². The second-order valence-corrected chi connectivity index (χ2v) is 4.23. The lowest BCUT2D eigenvalue weighted by Gasteiger charge is -2.26. The molecule has 16 heavy (non-hydrogen) atoms. The normalized spacial score (nSPS) is 13.6. The van der Waals surface area contributed by atoms with Gasteiger partial charge in [0.1, 0.15) is 5.69 Å². The summed E-state index contributed by atoms with van der Waals surface area (Å²) in [5.41, 5.74) is 6.44. The van der Waals surface area contributed by atoms with Crippen molar-refractivity contribution in [1.29, 1.82) is 0 Å². The Balaban J connectivity index is 2.84. The van der Waals surface area contributed by atoms with Crippen molar-refractivity contribution in [2.24, 2.45) is 5.73 Å². The predicted octanol–water partition coefficient (Wildman–Crippen LogP) is 1.30. The summed E-state index contributed by atoms with van der Waals surface area (Å²) >= 11 is 0. The summed E-state index contributed by atoms with van der Waals surface area (Å²) in [4.78, 5) is 8.27. The van der Waals surface area contributed by atoms with Gasteiger partial charge in [-0.25, -0.2) is 4.98 Å². The molecule has 0 saturated heterocycles. The topological polar surface area (TPSA) is 70.3 Å². The Morgan fingerprint density at radius 3 is 2.50 bits per heavy atom. The zero-order valence-electron chi connectivity index (χ0n) is 10.2. The Kier molecular flexibility index (Phi) is 4.20. The second kappa shape index (κ2) is 5.23. The minimum atomic E-state index is -0.290. The fourth-order valence-corrected chi connectivity index (χ4v) is 1.46. The summed E-state index contributed by atoms with van der Waals surface area (Å²) < 4.78 is 10.5. The number of ether oxygens (including phenoxy) is 2. The molecular weight excluding hydrogens is 206 g/mol. The van der Waals surface area contributed by atoms with Crippen molar-refractivity contribution in [3.8, 4) is 5.88 Å². The van der Waals surface area contributed by atoms with Crippen LogP contribution in [0.15, 0.2) is 12.4 Å². The number of hydrogen-bond acceptors (Lipinski definition) is 5. The zero-order valence-corrected chi connectivity index (χ0v) is 10.2. The van der Waals surface area contributed by atoms with Gasteiger partial charge in [-0.05, 0) is 20.3 Å². The van der Waals surface area contributed by atoms with E-state index in [1.807, 2.05) is 13.8 Å². The number of nitrogens with two attached hydrogens (primary N) is 1. The first-order valence-corrected chi connectivity index (χ1v) is 5.16. The average molecular weight is 225 g/mol. The number of nitrogens with zero attached hydrogens (tertiary/aromatic N) is 2. The van der Waals surface area contributed by atoms with E-state index in [4.69, 9.17) is 15.2 Å². The molecule has 1 atom stereocenters. The van der Waals surface area contributed by atoms with Crippen molar-refractivity contribution < 1.29 is 9.47 Å². The van der Waals surface area contributed by atoms with Gasteiger partial charge in [0.15, 0.2) is 0 Å². The number of rotatable bonds is 5. The fraction of sp³-hybridized carbons (Fsp3) is 0.636. The number of hydrogen-bond donors (Lipinski definition) is 1. The van der Waals surface area contributed by atoms with Crippen molar-refractivity contribution in [2.45, 2.75) is 31.9 Å². The molecule has 90 valence electrons. The molecule has 0 aliphatic carbocycles. The fourth-order valence-electron chi connectivity index (χ4n) is 1.46. The van der Waals surface area contributed by atoms with Gasteiger partial charge < -0.3 is 15.2 Å². The summed E-state index contributed by atoms with van der Waals surface area (Å²) in [5.74, 6) is 0.474. The maximum Gasteiger partial charge on any atom is 0.236 e. The van der Waals surface area contributed by atoms with Crippen molar-refractivity contribution in [3.63, 3.8) is 0 Å². The minimum absolute atomic E-state index is 0.251. The number of methoxy groups -OCH3 is 2. The van der Waals surface area contributed by atoms with Crippen LogP contribution < -0.4 is 10.5 Å². The zero-order chi connectivity index (χ0) is 12.2. The molecule has 0 aliphatic heterocycles. The molecule has 1 heterocycles. The Hall–Kier alpha value is -1.20. The van der Waals surface area contributed by atoms with Crippen LogP contribution in [0.4, 0.5) is 0 Å². The van der Waals surface area contributed by atoms with Gasteiger partial charge >= 0.3 is 0 Å². The van der Waals surface area contributed by atoms with E-state index in [2.05, 4.69) is 9.97 Å². The average Bonchev–Trinajstić information content (AvgIpc) is 2.28. The third-order valence-electron chi connectivity index (χ3n) is 2.50. The van der Waals surface area contributed by atoms with Crippen molar-refractivity contribution in [2.75, 3.05) is 14.2 Å². The first-order chi connectivity index (χ1) is 7.50. The van der Waals surface area contributed by atoms with Gasteiger partial charge in [0.2, 0.25) is 5.88 Å². The van der Waals surface area contributed by atoms with E-state index >= 15 is 0 Å². The molecule has 5 heteroatoms. The molecule has 1 rings (SSSR count). The first kappa shape index (κ1) is 12.9. The van der Waals surface area contributed by atoms with Crippen LogP contribution in [0.2, 0.25) is 0 Å². The minimum Gasteiger partial charge on any atom is -0.480 e. The Bertz CT molecular complexity index is 342. The lowest BCUT2D eigenvalue weighted by Crippen LogP contribution is -2.29. The monoisotopic (exact) mass is 225 g/mol. The molecule has 5 nitrogen and oxygen atoms in total. The van der Waals surface area contributed by atoms with Crippen LogP contribution >= 0.6 is 0 Å². The van der Waals surface area contributed by atoms with E-state index in [0.29, 0.717) is 18.0 Å². The predicted molar refractivity (Wildman–Crippen MR) is 61.2 cm³/mol. The van der Waals surface area contributed by atoms with Gasteiger partial charge in [0.05, 0.1) is 18.8 Å². The first-order valence-electron chi connectivity index (χ1n) is 5.16. The lowest BCUT2D eigenvalue weighted by molar-refractivity contribution is 0.00947. The highest BCUT2D eigenvalue weighted by Crippen LogP contribution is 2.26. The summed E-state index contributed by atoms with van der Waals surface area (Å²) in [6.07, 6.45) is 3.84. The van der Waals surface area contributed by atoms with Gasteiger partial charge in [-0.1, -0.05) is 0 Å². The number of aromatic nitrogens is 2. The highest BCUT2D eigenvalue weighted by Gasteiger charge is 2.24. The van der Waals surface area contributed by atoms with E-state index in [1.54, 1.807) is 26.6 Å². The van der Waals surface area contributed by atoms with Gasteiger partial charge in [-0.2, -0.15) is 0 Å². The van der Waals surface area contributed by atoms with Crippen LogP contribution in [0.5, 0.6) is 5.88 Å². The van der Waals surface area contributed by atoms with Crippen LogP contribution in [0, 0.1) is 0 Å². The molecule has 0 fully saturated rings. The highest BCUT2D eigenvalue weighted by molar-refractivity contribution is 5.21. The van der Waals surface area contributed by atoms with E-state index in [-0.39, 0.29) is 11.6 Å². The van der Waals surface area contributed by atoms with Gasteiger partial charge in [0.25, 0.3) is 0 Å². The summed E-state index contributed by atoms with van der Waals surface area (Å²) in [5, 5.41) is 0. The maximum atomic E-state index is 6.07. The molecular formula is C11H19N3O2. The molecule has 0 aromatic carbocycles. The summed E-state index contributed by atoms with van der Waals surface area (Å²) in [6, 6.07) is -0.251. The molecule has 1 aromatic heterocycles. The smallest absolute Gasteiger partial charge is 0.236 e. The molecule has 1 unspecified atom stereocenters. The van der Waals surface area contributed by atoms with E-state index in [0.717, 1.165) is 0 Å². The van der Waals surface area contributed by atoms with Crippen molar-refractivity contribution in [3.05, 3.63) is 18.1 Å². The quantitative estimate of drug-likeness (QED) is 0.818. The summed E-state index contributed by atoms with van der Waals surface area (Å²) in [6.45, 7) is 3.96. The van der Waals surface area contributed by atoms with Gasteiger partial charge in [-0.15, -0.1) is 0 Å². The van der Waals surface area contributed by atoms with Crippen LogP contribution in [0.25, 0.3) is 0 Å². The molecule has 0 saturated carbocycles. The molecule has 2 N–H and O–H groups in total.